The van der Waals surface area contributed by atoms with Crippen LogP contribution >= 0.6 is 0 Å². The van der Waals surface area contributed by atoms with Gasteiger partial charge in [-0.2, -0.15) is 0 Å². The van der Waals surface area contributed by atoms with Gasteiger partial charge in [-0.1, -0.05) is 65.8 Å². The van der Waals surface area contributed by atoms with E-state index in [0.717, 1.165) is 39.3 Å². The highest BCUT2D eigenvalue weighted by Gasteiger charge is 2.27. The van der Waals surface area contributed by atoms with Crippen LogP contribution in [0.5, 0.6) is 0 Å². The SMILES string of the molecule is Cc1cccc(C)c1NC(=O)N(Cc1ccccc1)CC1CC(c2ccc(N(C)C)cc2)=NO1. The Morgan fingerprint density at radius 2 is 1.65 bits per heavy atom. The first-order valence-corrected chi connectivity index (χ1v) is 11.6. The van der Waals surface area contributed by atoms with Crippen molar-refractivity contribution in [2.45, 2.75) is 32.9 Å². The summed E-state index contributed by atoms with van der Waals surface area (Å²) in [5, 5.41) is 7.46. The molecule has 0 radical (unpaired) electrons. The van der Waals surface area contributed by atoms with E-state index in [4.69, 9.17) is 4.84 Å². The lowest BCUT2D eigenvalue weighted by Crippen LogP contribution is -2.40. The van der Waals surface area contributed by atoms with Crippen molar-refractivity contribution >= 4 is 23.1 Å². The van der Waals surface area contributed by atoms with E-state index in [1.54, 1.807) is 4.90 Å². The molecular formula is C28H32N4O2. The van der Waals surface area contributed by atoms with Crippen LogP contribution in [0.2, 0.25) is 0 Å². The summed E-state index contributed by atoms with van der Waals surface area (Å²) < 4.78 is 0. The average Bonchev–Trinajstić information content (AvgIpc) is 3.30. The molecular weight excluding hydrogens is 424 g/mol. The number of hydrogen-bond acceptors (Lipinski definition) is 4. The van der Waals surface area contributed by atoms with Gasteiger partial charge in [0.25, 0.3) is 0 Å². The second kappa shape index (κ2) is 10.4. The first kappa shape index (κ1) is 23.4. The molecule has 34 heavy (non-hydrogen) atoms. The molecule has 2 amide bonds. The second-order valence-corrected chi connectivity index (χ2v) is 8.97. The molecule has 1 aliphatic heterocycles. The third-order valence-corrected chi connectivity index (χ3v) is 6.09. The standard InChI is InChI=1S/C28H32N4O2/c1-20-9-8-10-21(2)27(20)29-28(33)32(18-22-11-6-5-7-12-22)19-25-17-26(30-34-25)23-13-15-24(16-14-23)31(3)4/h5-16,25H,17-19H2,1-4H3,(H,29,33). The number of hydrogen-bond donors (Lipinski definition) is 1. The van der Waals surface area contributed by atoms with E-state index in [-0.39, 0.29) is 12.1 Å². The van der Waals surface area contributed by atoms with Gasteiger partial charge in [0.05, 0.1) is 12.3 Å². The fraction of sp³-hybridized carbons (Fsp3) is 0.286. The molecule has 1 unspecified atom stereocenters. The molecule has 1 N–H and O–H groups in total. The van der Waals surface area contributed by atoms with Gasteiger partial charge in [0, 0.05) is 38.4 Å². The normalized spacial score (nSPS) is 14.8. The van der Waals surface area contributed by atoms with E-state index in [1.807, 2.05) is 76.5 Å². The Balaban J connectivity index is 1.47. The molecule has 3 aromatic rings. The Hall–Kier alpha value is -3.80. The number of rotatable bonds is 7. The highest BCUT2D eigenvalue weighted by Crippen LogP contribution is 2.23. The van der Waals surface area contributed by atoms with E-state index in [1.165, 1.54) is 0 Å². The lowest BCUT2D eigenvalue weighted by Gasteiger charge is -2.26. The highest BCUT2D eigenvalue weighted by molar-refractivity contribution is 6.01. The number of urea groups is 1. The van der Waals surface area contributed by atoms with Crippen molar-refractivity contribution in [3.63, 3.8) is 0 Å². The van der Waals surface area contributed by atoms with Gasteiger partial charge in [-0.05, 0) is 48.2 Å². The van der Waals surface area contributed by atoms with Crippen LogP contribution in [0, 0.1) is 13.8 Å². The predicted octanol–water partition coefficient (Wildman–Crippen LogP) is 5.60. The van der Waals surface area contributed by atoms with E-state index >= 15 is 0 Å². The van der Waals surface area contributed by atoms with Crippen molar-refractivity contribution in [1.29, 1.82) is 0 Å². The fourth-order valence-corrected chi connectivity index (χ4v) is 4.12. The van der Waals surface area contributed by atoms with Crippen molar-refractivity contribution in [1.82, 2.24) is 4.90 Å². The number of carbonyl (C=O) groups excluding carboxylic acids is 1. The molecule has 1 aliphatic rings. The molecule has 176 valence electrons. The van der Waals surface area contributed by atoms with Gasteiger partial charge in [-0.3, -0.25) is 0 Å². The number of para-hydroxylation sites is 1. The molecule has 0 fully saturated rings. The van der Waals surface area contributed by atoms with E-state index in [2.05, 4.69) is 39.6 Å². The first-order valence-electron chi connectivity index (χ1n) is 11.6. The predicted molar refractivity (Wildman–Crippen MR) is 139 cm³/mol. The van der Waals surface area contributed by atoms with Gasteiger partial charge in [-0.25, -0.2) is 4.79 Å². The number of amides is 2. The maximum absolute atomic E-state index is 13.4. The Labute approximate surface area is 201 Å². The summed E-state index contributed by atoms with van der Waals surface area (Å²) in [5.74, 6) is 0. The average molecular weight is 457 g/mol. The third kappa shape index (κ3) is 5.57. The van der Waals surface area contributed by atoms with Crippen molar-refractivity contribution in [3.05, 3.63) is 95.1 Å². The van der Waals surface area contributed by atoms with E-state index < -0.39 is 0 Å². The molecule has 0 bridgehead atoms. The lowest BCUT2D eigenvalue weighted by molar-refractivity contribution is 0.0608. The summed E-state index contributed by atoms with van der Waals surface area (Å²) in [6, 6.07) is 24.2. The summed E-state index contributed by atoms with van der Waals surface area (Å²) in [6.07, 6.45) is 0.458. The minimum Gasteiger partial charge on any atom is -0.390 e. The maximum Gasteiger partial charge on any atom is 0.322 e. The number of benzene rings is 3. The Kier molecular flexibility index (Phi) is 7.16. The third-order valence-electron chi connectivity index (χ3n) is 6.09. The Morgan fingerprint density at radius 1 is 0.971 bits per heavy atom. The smallest absolute Gasteiger partial charge is 0.322 e. The van der Waals surface area contributed by atoms with Crippen molar-refractivity contribution in [3.8, 4) is 0 Å². The van der Waals surface area contributed by atoms with Gasteiger partial charge < -0.3 is 20.0 Å². The summed E-state index contributed by atoms with van der Waals surface area (Å²) in [7, 11) is 4.04. The molecule has 4 rings (SSSR count). The molecule has 1 heterocycles. The molecule has 0 saturated carbocycles. The van der Waals surface area contributed by atoms with Crippen molar-refractivity contribution in [2.24, 2.45) is 5.16 Å². The highest BCUT2D eigenvalue weighted by atomic mass is 16.6. The zero-order valence-electron chi connectivity index (χ0n) is 20.3. The Morgan fingerprint density at radius 3 is 2.29 bits per heavy atom. The van der Waals surface area contributed by atoms with Crippen LogP contribution in [0.1, 0.15) is 28.7 Å². The summed E-state index contributed by atoms with van der Waals surface area (Å²) in [6.45, 7) is 4.94. The van der Waals surface area contributed by atoms with Crippen LogP contribution < -0.4 is 10.2 Å². The monoisotopic (exact) mass is 456 g/mol. The molecule has 0 aromatic heterocycles. The molecule has 6 heteroatoms. The number of nitrogens with one attached hydrogen (secondary N) is 1. The largest absolute Gasteiger partial charge is 0.390 e. The number of aryl methyl sites for hydroxylation is 2. The summed E-state index contributed by atoms with van der Waals surface area (Å²) >= 11 is 0. The van der Waals surface area contributed by atoms with Crippen LogP contribution in [-0.4, -0.2) is 43.4 Å². The van der Waals surface area contributed by atoms with Crippen LogP contribution in [0.4, 0.5) is 16.2 Å². The van der Waals surface area contributed by atoms with Crippen LogP contribution in [-0.2, 0) is 11.4 Å². The molecule has 3 aromatic carbocycles. The zero-order chi connectivity index (χ0) is 24.1. The van der Waals surface area contributed by atoms with Crippen molar-refractivity contribution < 1.29 is 9.63 Å². The van der Waals surface area contributed by atoms with Gasteiger partial charge in [-0.15, -0.1) is 0 Å². The Bertz CT molecular complexity index is 1140. The van der Waals surface area contributed by atoms with Crippen LogP contribution in [0.15, 0.2) is 78.0 Å². The fourth-order valence-electron chi connectivity index (χ4n) is 4.12. The van der Waals surface area contributed by atoms with Crippen molar-refractivity contribution in [2.75, 3.05) is 30.9 Å². The number of nitrogens with zero attached hydrogens (tertiary/aromatic N) is 3. The molecule has 0 aliphatic carbocycles. The molecule has 0 saturated heterocycles. The first-order chi connectivity index (χ1) is 16.4. The summed E-state index contributed by atoms with van der Waals surface area (Å²) in [4.78, 5) is 23.0. The number of oxime groups is 1. The van der Waals surface area contributed by atoms with Gasteiger partial charge in [0.2, 0.25) is 0 Å². The lowest BCUT2D eigenvalue weighted by atomic mass is 10.0. The second-order valence-electron chi connectivity index (χ2n) is 8.97. The van der Waals surface area contributed by atoms with Crippen LogP contribution in [0.3, 0.4) is 0 Å². The molecule has 0 spiro atoms. The minimum absolute atomic E-state index is 0.145. The number of carbonyl (C=O) groups is 1. The minimum atomic E-state index is -0.198. The van der Waals surface area contributed by atoms with Crippen LogP contribution in [0.25, 0.3) is 0 Å². The molecule has 1 atom stereocenters. The van der Waals surface area contributed by atoms with Gasteiger partial charge in [0.15, 0.2) is 6.10 Å². The maximum atomic E-state index is 13.4. The quantitative estimate of drug-likeness (QED) is 0.504. The van der Waals surface area contributed by atoms with Gasteiger partial charge in [0.1, 0.15) is 0 Å². The van der Waals surface area contributed by atoms with E-state index in [0.29, 0.717) is 19.5 Å². The number of anilines is 2. The van der Waals surface area contributed by atoms with E-state index in [9.17, 15) is 4.79 Å². The van der Waals surface area contributed by atoms with Gasteiger partial charge >= 0.3 is 6.03 Å². The molecule has 6 nitrogen and oxygen atoms in total. The zero-order valence-corrected chi connectivity index (χ0v) is 20.3. The summed E-state index contributed by atoms with van der Waals surface area (Å²) in [5.41, 5.74) is 7.09. The topological polar surface area (TPSA) is 57.2 Å².